The summed E-state index contributed by atoms with van der Waals surface area (Å²) in [4.78, 5) is 27.6. The molecule has 0 radical (unpaired) electrons. The van der Waals surface area contributed by atoms with Crippen molar-refractivity contribution in [2.45, 2.75) is 13.5 Å². The van der Waals surface area contributed by atoms with Gasteiger partial charge in [0.25, 0.3) is 5.56 Å². The van der Waals surface area contributed by atoms with Crippen molar-refractivity contribution in [1.82, 2.24) is 9.55 Å². The molecule has 0 atom stereocenters. The normalized spacial score (nSPS) is 10.5. The van der Waals surface area contributed by atoms with Crippen LogP contribution in [0.2, 0.25) is 0 Å². The van der Waals surface area contributed by atoms with Gasteiger partial charge >= 0.3 is 5.97 Å². The van der Waals surface area contributed by atoms with Gasteiger partial charge in [-0.15, -0.1) is 11.3 Å². The zero-order valence-corrected chi connectivity index (χ0v) is 10.3. The number of pyridine rings is 1. The van der Waals surface area contributed by atoms with Crippen LogP contribution in [0, 0.1) is 6.92 Å². The molecule has 2 N–H and O–H groups in total. The second kappa shape index (κ2) is 4.61. The van der Waals surface area contributed by atoms with Gasteiger partial charge in [-0.05, 0) is 6.92 Å². The predicted molar refractivity (Wildman–Crippen MR) is 65.3 cm³/mol. The van der Waals surface area contributed by atoms with E-state index in [1.54, 1.807) is 12.4 Å². The summed E-state index contributed by atoms with van der Waals surface area (Å²) in [5, 5.41) is 18.3. The average Bonchev–Trinajstić information content (AvgIpc) is 2.67. The van der Waals surface area contributed by atoms with E-state index in [-0.39, 0.29) is 18.0 Å². The number of rotatable bonds is 3. The van der Waals surface area contributed by atoms with Crippen LogP contribution in [0.5, 0.6) is 5.75 Å². The van der Waals surface area contributed by atoms with Gasteiger partial charge in [0.15, 0.2) is 0 Å². The summed E-state index contributed by atoms with van der Waals surface area (Å²) in [6, 6.07) is 2.04. The van der Waals surface area contributed by atoms with Crippen molar-refractivity contribution in [2.24, 2.45) is 0 Å². The zero-order chi connectivity index (χ0) is 13.3. The zero-order valence-electron chi connectivity index (χ0n) is 9.45. The van der Waals surface area contributed by atoms with Crippen LogP contribution in [0.15, 0.2) is 22.4 Å². The van der Waals surface area contributed by atoms with Crippen molar-refractivity contribution < 1.29 is 15.0 Å². The highest BCUT2D eigenvalue weighted by atomic mass is 32.1. The Kier molecular flexibility index (Phi) is 3.15. The number of carbonyl (C=O) groups is 1. The topological polar surface area (TPSA) is 92.4 Å². The molecule has 0 aromatic carbocycles. The molecule has 6 nitrogen and oxygen atoms in total. The van der Waals surface area contributed by atoms with Crippen molar-refractivity contribution in [3.8, 4) is 5.75 Å². The SMILES string of the molecule is Cc1ncsc1Cn1c(C(=O)O)cc(O)cc1=O. The summed E-state index contributed by atoms with van der Waals surface area (Å²) in [5.41, 5.74) is 1.60. The Morgan fingerprint density at radius 1 is 1.50 bits per heavy atom. The molecule has 2 aromatic heterocycles. The second-order valence-electron chi connectivity index (χ2n) is 3.69. The molecule has 2 heterocycles. The number of hydrogen-bond donors (Lipinski definition) is 2. The number of aromatic nitrogens is 2. The number of carboxylic acid groups (broad SMARTS) is 1. The van der Waals surface area contributed by atoms with Crippen LogP contribution in [-0.2, 0) is 6.54 Å². The van der Waals surface area contributed by atoms with Crippen molar-refractivity contribution >= 4 is 17.3 Å². The van der Waals surface area contributed by atoms with Gasteiger partial charge in [-0.2, -0.15) is 0 Å². The summed E-state index contributed by atoms with van der Waals surface area (Å²) in [6.45, 7) is 1.93. The quantitative estimate of drug-likeness (QED) is 0.866. The minimum Gasteiger partial charge on any atom is -0.508 e. The van der Waals surface area contributed by atoms with E-state index in [0.29, 0.717) is 0 Å². The van der Waals surface area contributed by atoms with Crippen molar-refractivity contribution in [1.29, 1.82) is 0 Å². The Bertz CT molecular complexity index is 659. The maximum absolute atomic E-state index is 11.7. The van der Waals surface area contributed by atoms with E-state index in [0.717, 1.165) is 27.3 Å². The van der Waals surface area contributed by atoms with E-state index in [1.807, 2.05) is 0 Å². The van der Waals surface area contributed by atoms with E-state index < -0.39 is 11.5 Å². The molecule has 0 bridgehead atoms. The number of thiazole rings is 1. The lowest BCUT2D eigenvalue weighted by Crippen LogP contribution is -2.25. The summed E-state index contributed by atoms with van der Waals surface area (Å²) >= 11 is 1.35. The molecule has 0 amide bonds. The molecular formula is C11H10N2O4S. The highest BCUT2D eigenvalue weighted by Crippen LogP contribution is 2.15. The number of carboxylic acids is 1. The third-order valence-corrected chi connectivity index (χ3v) is 3.40. The third-order valence-electron chi connectivity index (χ3n) is 2.48. The van der Waals surface area contributed by atoms with Gasteiger partial charge in [0.05, 0.1) is 17.7 Å². The Labute approximate surface area is 106 Å². The van der Waals surface area contributed by atoms with E-state index in [4.69, 9.17) is 5.11 Å². The minimum atomic E-state index is -1.26. The smallest absolute Gasteiger partial charge is 0.352 e. The minimum absolute atomic E-state index is 0.136. The first-order chi connectivity index (χ1) is 8.49. The summed E-state index contributed by atoms with van der Waals surface area (Å²) < 4.78 is 1.10. The number of aromatic carboxylic acids is 1. The van der Waals surface area contributed by atoms with Gasteiger partial charge in [-0.25, -0.2) is 9.78 Å². The Morgan fingerprint density at radius 2 is 2.22 bits per heavy atom. The number of hydrogen-bond acceptors (Lipinski definition) is 5. The van der Waals surface area contributed by atoms with Gasteiger partial charge in [0.2, 0.25) is 0 Å². The van der Waals surface area contributed by atoms with Crippen molar-refractivity contribution in [3.63, 3.8) is 0 Å². The van der Waals surface area contributed by atoms with E-state index in [2.05, 4.69) is 4.98 Å². The molecule has 94 valence electrons. The molecule has 0 aliphatic rings. The molecule has 0 spiro atoms. The van der Waals surface area contributed by atoms with E-state index in [1.165, 1.54) is 11.3 Å². The first-order valence-corrected chi connectivity index (χ1v) is 5.93. The number of nitrogens with zero attached hydrogens (tertiary/aromatic N) is 2. The molecule has 0 fully saturated rings. The molecule has 2 rings (SSSR count). The lowest BCUT2D eigenvalue weighted by molar-refractivity contribution is 0.0683. The van der Waals surface area contributed by atoms with Crippen LogP contribution in [0.1, 0.15) is 21.1 Å². The monoisotopic (exact) mass is 266 g/mol. The maximum Gasteiger partial charge on any atom is 0.352 e. The summed E-state index contributed by atoms with van der Waals surface area (Å²) in [6.07, 6.45) is 0. The maximum atomic E-state index is 11.7. The Balaban J connectivity index is 2.53. The van der Waals surface area contributed by atoms with Gasteiger partial charge in [-0.1, -0.05) is 0 Å². The summed E-state index contributed by atoms with van der Waals surface area (Å²) in [7, 11) is 0. The number of aryl methyl sites for hydroxylation is 1. The molecule has 0 saturated heterocycles. The van der Waals surface area contributed by atoms with E-state index in [9.17, 15) is 14.7 Å². The van der Waals surface area contributed by atoms with Gasteiger partial charge in [0.1, 0.15) is 11.4 Å². The van der Waals surface area contributed by atoms with Crippen LogP contribution < -0.4 is 5.56 Å². The van der Waals surface area contributed by atoms with Crippen LogP contribution in [0.25, 0.3) is 0 Å². The Morgan fingerprint density at radius 3 is 2.78 bits per heavy atom. The van der Waals surface area contributed by atoms with Crippen molar-refractivity contribution in [2.75, 3.05) is 0 Å². The fourth-order valence-corrected chi connectivity index (χ4v) is 2.31. The third kappa shape index (κ3) is 2.25. The first kappa shape index (κ1) is 12.3. The molecular weight excluding hydrogens is 256 g/mol. The second-order valence-corrected chi connectivity index (χ2v) is 4.63. The largest absolute Gasteiger partial charge is 0.508 e. The highest BCUT2D eigenvalue weighted by Gasteiger charge is 2.14. The van der Waals surface area contributed by atoms with Crippen LogP contribution >= 0.6 is 11.3 Å². The fraction of sp³-hybridized carbons (Fsp3) is 0.182. The van der Waals surface area contributed by atoms with Crippen LogP contribution in [-0.4, -0.2) is 25.7 Å². The van der Waals surface area contributed by atoms with Crippen molar-refractivity contribution in [3.05, 3.63) is 44.3 Å². The molecule has 0 unspecified atom stereocenters. The molecule has 0 aliphatic carbocycles. The lowest BCUT2D eigenvalue weighted by Gasteiger charge is -2.09. The van der Waals surface area contributed by atoms with Gasteiger partial charge in [-0.3, -0.25) is 9.36 Å². The first-order valence-electron chi connectivity index (χ1n) is 5.05. The number of aromatic hydroxyl groups is 1. The molecule has 18 heavy (non-hydrogen) atoms. The van der Waals surface area contributed by atoms with Crippen LogP contribution in [0.3, 0.4) is 0 Å². The molecule has 0 aliphatic heterocycles. The lowest BCUT2D eigenvalue weighted by atomic mass is 10.3. The van der Waals surface area contributed by atoms with E-state index >= 15 is 0 Å². The summed E-state index contributed by atoms with van der Waals surface area (Å²) in [5.74, 6) is -1.61. The van der Waals surface area contributed by atoms with Crippen LogP contribution in [0.4, 0.5) is 0 Å². The predicted octanol–water partition coefficient (Wildman–Crippen LogP) is 1.07. The molecule has 7 heteroatoms. The Hall–Kier alpha value is -2.15. The average molecular weight is 266 g/mol. The molecule has 2 aromatic rings. The van der Waals surface area contributed by atoms with Gasteiger partial charge in [0, 0.05) is 17.0 Å². The highest BCUT2D eigenvalue weighted by molar-refractivity contribution is 7.09. The van der Waals surface area contributed by atoms with Gasteiger partial charge < -0.3 is 10.2 Å². The standard InChI is InChI=1S/C11H10N2O4S/c1-6-9(18-5-12-6)4-13-8(11(16)17)2-7(14)3-10(13)15/h2-3,5,14H,4H2,1H3,(H,16,17). The fourth-order valence-electron chi connectivity index (χ4n) is 1.54. The molecule has 0 saturated carbocycles.